The number of nitrogens with zero attached hydrogens (tertiary/aromatic N) is 2. The molecule has 1 radical (unpaired) electrons. The fourth-order valence-corrected chi connectivity index (χ4v) is 9.55. The zero-order chi connectivity index (χ0) is 32.9. The van der Waals surface area contributed by atoms with Crippen LogP contribution in [-0.2, 0) is 0 Å². The second kappa shape index (κ2) is 13.6. The van der Waals surface area contributed by atoms with Gasteiger partial charge >= 0.3 is 15.0 Å². The van der Waals surface area contributed by atoms with E-state index in [1.165, 1.54) is 0 Å². The van der Waals surface area contributed by atoms with Crippen LogP contribution in [-0.4, -0.2) is 7.28 Å². The number of rotatable bonds is 10. The van der Waals surface area contributed by atoms with Gasteiger partial charge in [0.2, 0.25) is 0 Å². The maximum atomic E-state index is 6.61. The molecule has 9 heteroatoms. The topological polar surface area (TPSA) is 61.6 Å². The van der Waals surface area contributed by atoms with E-state index in [9.17, 15) is 0 Å². The Morgan fingerprint density at radius 3 is 1.02 bits per heavy atom. The van der Waals surface area contributed by atoms with Crippen molar-refractivity contribution in [2.24, 2.45) is 9.49 Å². The Morgan fingerprint density at radius 2 is 0.694 bits per heavy atom. The summed E-state index contributed by atoms with van der Waals surface area (Å²) in [6, 6.07) is 51.0. The van der Waals surface area contributed by atoms with Crippen molar-refractivity contribution >= 4 is 56.7 Å². The predicted octanol–water partition coefficient (Wildman–Crippen LogP) is 11.0. The molecule has 0 N–H and O–H groups in total. The van der Waals surface area contributed by atoms with Gasteiger partial charge in [-0.2, -0.15) is 9.49 Å². The molecule has 2 aliphatic heterocycles. The Bertz CT molecular complexity index is 2030. The molecule has 0 amide bonds. The van der Waals surface area contributed by atoms with Crippen LogP contribution in [0.4, 0.5) is 11.4 Å². The van der Waals surface area contributed by atoms with Crippen LogP contribution in [0.25, 0.3) is 12.2 Å². The first-order chi connectivity index (χ1) is 24.1. The molecule has 0 saturated heterocycles. The molecule has 8 rings (SSSR count). The molecule has 6 nitrogen and oxygen atoms in total. The van der Waals surface area contributed by atoms with Crippen LogP contribution in [0.3, 0.4) is 0 Å². The van der Waals surface area contributed by atoms with Gasteiger partial charge in [-0.25, -0.2) is 0 Å². The monoisotopic (exact) mass is 675 g/mol. The molecule has 0 fully saturated rings. The van der Waals surface area contributed by atoms with Gasteiger partial charge < -0.3 is 18.1 Å². The molecule has 0 bridgehead atoms. The Labute approximate surface area is 287 Å². The van der Waals surface area contributed by atoms with E-state index in [0.29, 0.717) is 23.0 Å². The third-order valence-electron chi connectivity index (χ3n) is 7.79. The van der Waals surface area contributed by atoms with Crippen molar-refractivity contribution in [3.8, 4) is 23.0 Å². The van der Waals surface area contributed by atoms with Crippen LogP contribution in [0.15, 0.2) is 179 Å². The lowest BCUT2D eigenvalue weighted by atomic mass is 9.62. The lowest BCUT2D eigenvalue weighted by molar-refractivity contribution is 0.485. The highest BCUT2D eigenvalue weighted by molar-refractivity contribution is 7.61. The highest BCUT2D eigenvalue weighted by atomic mass is 31.2. The van der Waals surface area contributed by atoms with Gasteiger partial charge in [-0.1, -0.05) is 120 Å². The molecule has 49 heavy (non-hydrogen) atoms. The summed E-state index contributed by atoms with van der Waals surface area (Å²) in [5.74, 6) is 6.67. The second-order valence-corrected chi connectivity index (χ2v) is 15.3. The first-order valence-electron chi connectivity index (χ1n) is 15.9. The molecule has 6 aromatic rings. The predicted molar refractivity (Wildman–Crippen MR) is 202 cm³/mol. The summed E-state index contributed by atoms with van der Waals surface area (Å²) in [7, 11) is -3.82. The normalized spacial score (nSPS) is 14.6. The number of fused-ring (bicyclic) bond motifs is 2. The number of hydrogen-bond acceptors (Lipinski definition) is 6. The van der Waals surface area contributed by atoms with Crippen molar-refractivity contribution in [1.82, 2.24) is 0 Å². The first kappa shape index (κ1) is 30.8. The van der Waals surface area contributed by atoms with E-state index < -0.39 is 15.0 Å². The zero-order valence-corrected chi connectivity index (χ0v) is 28.1. The van der Waals surface area contributed by atoms with Crippen molar-refractivity contribution < 1.29 is 18.1 Å². The minimum Gasteiger partial charge on any atom is -0.427 e. The Balaban J connectivity index is 1.21. The van der Waals surface area contributed by atoms with Crippen LogP contribution < -0.4 is 29.0 Å². The summed E-state index contributed by atoms with van der Waals surface area (Å²) in [5, 5.41) is 0. The van der Waals surface area contributed by atoms with Gasteiger partial charge in [-0.05, 0) is 60.7 Å². The van der Waals surface area contributed by atoms with E-state index in [1.807, 2.05) is 157 Å². The van der Waals surface area contributed by atoms with Crippen molar-refractivity contribution in [3.63, 3.8) is 0 Å². The summed E-state index contributed by atoms with van der Waals surface area (Å²) < 4.78 is 37.0. The molecule has 237 valence electrons. The first-order valence-corrected chi connectivity index (χ1v) is 19.2. The van der Waals surface area contributed by atoms with Crippen LogP contribution in [0.2, 0.25) is 0 Å². The van der Waals surface area contributed by atoms with Crippen LogP contribution in [0, 0.1) is 0 Å². The zero-order valence-electron chi connectivity index (χ0n) is 26.3. The molecule has 2 aliphatic rings. The van der Waals surface area contributed by atoms with Crippen molar-refractivity contribution in [2.45, 2.75) is 0 Å². The highest BCUT2D eigenvalue weighted by Crippen LogP contribution is 2.59. The molecule has 0 unspecified atom stereocenters. The van der Waals surface area contributed by atoms with Gasteiger partial charge in [0.05, 0.1) is 11.4 Å². The van der Waals surface area contributed by atoms with Crippen LogP contribution in [0.1, 0.15) is 11.1 Å². The Kier molecular flexibility index (Phi) is 8.54. The van der Waals surface area contributed by atoms with Crippen LogP contribution in [0.5, 0.6) is 23.0 Å². The van der Waals surface area contributed by atoms with E-state index in [0.717, 1.165) is 33.4 Å². The Morgan fingerprint density at radius 1 is 0.367 bits per heavy atom. The van der Waals surface area contributed by atoms with E-state index in [4.69, 9.17) is 27.6 Å². The summed E-state index contributed by atoms with van der Waals surface area (Å²) >= 11 is 0. The van der Waals surface area contributed by atoms with Gasteiger partial charge in [-0.3, -0.25) is 0 Å². The molecule has 0 saturated carbocycles. The van der Waals surface area contributed by atoms with Gasteiger partial charge in [-0.15, -0.1) is 0 Å². The minimum absolute atomic E-state index is 0.685. The summed E-state index contributed by atoms with van der Waals surface area (Å²) in [4.78, 5) is 0. The molecular weight excluding hydrogens is 645 g/mol. The third kappa shape index (κ3) is 6.91. The maximum absolute atomic E-state index is 6.61. The molecule has 0 atom stereocenters. The van der Waals surface area contributed by atoms with Gasteiger partial charge in [0, 0.05) is 22.8 Å². The fraction of sp³-hybridized carbons (Fsp3) is 0. The van der Waals surface area contributed by atoms with Crippen molar-refractivity contribution in [3.05, 3.63) is 180 Å². The van der Waals surface area contributed by atoms with Crippen LogP contribution >= 0.6 is 15.0 Å². The lowest BCUT2D eigenvalue weighted by Crippen LogP contribution is -2.29. The maximum Gasteiger partial charge on any atom is 0.344 e. The van der Waals surface area contributed by atoms with Gasteiger partial charge in [0.15, 0.2) is 7.28 Å². The van der Waals surface area contributed by atoms with Gasteiger partial charge in [0.1, 0.15) is 23.0 Å². The lowest BCUT2D eigenvalue weighted by Gasteiger charge is -2.27. The van der Waals surface area contributed by atoms with Gasteiger partial charge in [0.25, 0.3) is 0 Å². The number of para-hydroxylation sites is 4. The largest absolute Gasteiger partial charge is 0.427 e. The molecule has 0 spiro atoms. The van der Waals surface area contributed by atoms with Crippen molar-refractivity contribution in [2.75, 3.05) is 0 Å². The molecule has 6 aromatic carbocycles. The number of hydrogen-bond donors (Lipinski definition) is 0. The average molecular weight is 675 g/mol. The van der Waals surface area contributed by atoms with E-state index in [2.05, 4.69) is 31.5 Å². The van der Waals surface area contributed by atoms with E-state index in [-0.39, 0.29) is 0 Å². The summed E-state index contributed by atoms with van der Waals surface area (Å²) in [6.07, 6.45) is 4.09. The minimum atomic E-state index is -2.96. The quantitative estimate of drug-likeness (QED) is 0.107. The summed E-state index contributed by atoms with van der Waals surface area (Å²) in [6.45, 7) is 0. The smallest absolute Gasteiger partial charge is 0.344 e. The molecule has 0 aliphatic carbocycles. The highest BCUT2D eigenvalue weighted by Gasteiger charge is 2.30. The summed E-state index contributed by atoms with van der Waals surface area (Å²) in [5.41, 5.74) is 5.35. The molecular formula is C40H30BN2O4P2. The molecule has 0 aromatic heterocycles. The third-order valence-corrected chi connectivity index (χ3v) is 11.7. The van der Waals surface area contributed by atoms with Crippen molar-refractivity contribution in [1.29, 1.82) is 0 Å². The van der Waals surface area contributed by atoms with E-state index >= 15 is 0 Å². The SMILES string of the molecule is [B](c1cccc2c1N=P(Oc1ccccc1)(Oc1ccccc1)C=C2)c1cccc2c1N=P(Oc1ccccc1)(Oc1ccccc1)C=C2. The molecule has 2 heterocycles. The number of benzene rings is 6. The Hall–Kier alpha value is -5.48. The second-order valence-electron chi connectivity index (χ2n) is 11.3. The van der Waals surface area contributed by atoms with E-state index in [1.54, 1.807) is 0 Å². The fourth-order valence-electron chi connectivity index (χ4n) is 5.52. The standard InChI is InChI=1S/C40H30BN2O4P2/c1-5-17-33(18-6-1)44-48(45-34-19-7-2-8-20-34)29-27-31-15-13-25-37(39(31)42-48)41-38-26-14-16-32-28-30-49(43-40(32)38,46-35-21-9-3-10-22-35)47-36-23-11-4-12-24-36/h1-30H. The average Bonchev–Trinajstić information content (AvgIpc) is 3.14.